The summed E-state index contributed by atoms with van der Waals surface area (Å²) in [5.41, 5.74) is 6.59. The van der Waals surface area contributed by atoms with Crippen molar-refractivity contribution in [1.82, 2.24) is 24.2 Å². The smallest absolute Gasteiger partial charge is 0.179 e. The molecular formula is C27H29FN6. The van der Waals surface area contributed by atoms with Crippen LogP contribution in [0.3, 0.4) is 0 Å². The van der Waals surface area contributed by atoms with Gasteiger partial charge in [0.05, 0.1) is 11.4 Å². The van der Waals surface area contributed by atoms with Gasteiger partial charge >= 0.3 is 0 Å². The van der Waals surface area contributed by atoms with E-state index in [1.54, 1.807) is 6.33 Å². The average molecular weight is 457 g/mol. The second-order valence-corrected chi connectivity index (χ2v) is 9.96. The molecule has 4 heterocycles. The normalized spacial score (nSPS) is 19.1. The molecule has 0 aliphatic carbocycles. The van der Waals surface area contributed by atoms with Gasteiger partial charge in [-0.2, -0.15) is 5.10 Å². The van der Waals surface area contributed by atoms with Gasteiger partial charge in [-0.05, 0) is 73.5 Å². The van der Waals surface area contributed by atoms with Crippen LogP contribution in [0.1, 0.15) is 12.5 Å². The Bertz CT molecular complexity index is 1340. The molecule has 0 unspecified atom stereocenters. The van der Waals surface area contributed by atoms with Crippen LogP contribution in [0.5, 0.6) is 0 Å². The third kappa shape index (κ3) is 3.60. The van der Waals surface area contributed by atoms with Gasteiger partial charge in [0.2, 0.25) is 0 Å². The van der Waals surface area contributed by atoms with Crippen molar-refractivity contribution < 1.29 is 4.39 Å². The molecule has 1 saturated heterocycles. The van der Waals surface area contributed by atoms with Crippen LogP contribution in [0.2, 0.25) is 0 Å². The van der Waals surface area contributed by atoms with Gasteiger partial charge in [-0.25, -0.2) is 14.1 Å². The largest absolute Gasteiger partial charge is 0.371 e. The highest BCUT2D eigenvalue weighted by Crippen LogP contribution is 2.36. The number of rotatable bonds is 4. The first kappa shape index (κ1) is 21.1. The van der Waals surface area contributed by atoms with Gasteiger partial charge in [-0.3, -0.25) is 0 Å². The van der Waals surface area contributed by atoms with E-state index in [0.29, 0.717) is 11.8 Å². The van der Waals surface area contributed by atoms with Crippen molar-refractivity contribution in [2.75, 3.05) is 38.6 Å². The second-order valence-electron chi connectivity index (χ2n) is 9.96. The Hall–Kier alpha value is -3.45. The van der Waals surface area contributed by atoms with E-state index < -0.39 is 0 Å². The van der Waals surface area contributed by atoms with Crippen molar-refractivity contribution >= 4 is 5.69 Å². The summed E-state index contributed by atoms with van der Waals surface area (Å²) in [6.45, 7) is 6.37. The van der Waals surface area contributed by atoms with E-state index in [4.69, 9.17) is 0 Å². The maximum atomic E-state index is 13.4. The van der Waals surface area contributed by atoms with Crippen molar-refractivity contribution in [3.63, 3.8) is 0 Å². The van der Waals surface area contributed by atoms with Crippen molar-refractivity contribution in [1.29, 1.82) is 0 Å². The first-order valence-corrected chi connectivity index (χ1v) is 11.9. The molecule has 0 bridgehead atoms. The standard InChI is InChI=1S/C27H29FN6/c1-18-12-32(16-22(18)13-31(2)3)24-8-9-25-21(10-24)15-33-14-20(19-4-6-23(28)7-5-19)11-26(33)27-29-17-30-34(25)27/h4-11,14,17-18,22H,12-13,15-16H2,1-3H3/t18-,22+/m0/s1. The van der Waals surface area contributed by atoms with Crippen molar-refractivity contribution in [2.45, 2.75) is 13.5 Å². The zero-order chi connectivity index (χ0) is 23.4. The fourth-order valence-corrected chi connectivity index (χ4v) is 5.46. The molecule has 7 heteroatoms. The topological polar surface area (TPSA) is 42.1 Å². The van der Waals surface area contributed by atoms with Gasteiger partial charge in [-0.1, -0.05) is 19.1 Å². The Morgan fingerprint density at radius 3 is 2.65 bits per heavy atom. The molecule has 2 aromatic heterocycles. The highest BCUT2D eigenvalue weighted by molar-refractivity contribution is 5.71. The van der Waals surface area contributed by atoms with E-state index in [1.165, 1.54) is 23.4 Å². The zero-order valence-electron chi connectivity index (χ0n) is 19.8. The summed E-state index contributed by atoms with van der Waals surface area (Å²) in [5.74, 6) is 1.93. The Morgan fingerprint density at radius 1 is 1.03 bits per heavy atom. The number of anilines is 1. The summed E-state index contributed by atoms with van der Waals surface area (Å²) in [5, 5.41) is 4.56. The van der Waals surface area contributed by atoms with E-state index in [1.807, 2.05) is 16.8 Å². The molecule has 0 radical (unpaired) electrons. The average Bonchev–Trinajstić information content (AvgIpc) is 3.52. The van der Waals surface area contributed by atoms with Crippen LogP contribution in [-0.2, 0) is 6.54 Å². The van der Waals surface area contributed by atoms with Gasteiger partial charge in [0.25, 0.3) is 0 Å². The highest BCUT2D eigenvalue weighted by atomic mass is 19.1. The molecule has 0 N–H and O–H groups in total. The van der Waals surface area contributed by atoms with E-state index >= 15 is 0 Å². The van der Waals surface area contributed by atoms with Gasteiger partial charge < -0.3 is 14.4 Å². The first-order chi connectivity index (χ1) is 16.5. The predicted octanol–water partition coefficient (Wildman–Crippen LogP) is 4.54. The molecule has 0 amide bonds. The van der Waals surface area contributed by atoms with Gasteiger partial charge in [0, 0.05) is 43.6 Å². The Balaban J connectivity index is 1.37. The monoisotopic (exact) mass is 456 g/mol. The molecule has 174 valence electrons. The summed E-state index contributed by atoms with van der Waals surface area (Å²) < 4.78 is 17.6. The number of aromatic nitrogens is 4. The fraction of sp³-hybridized carbons (Fsp3) is 0.333. The lowest BCUT2D eigenvalue weighted by molar-refractivity contribution is 0.301. The van der Waals surface area contributed by atoms with Crippen LogP contribution in [0.15, 0.2) is 61.1 Å². The molecule has 0 saturated carbocycles. The molecule has 34 heavy (non-hydrogen) atoms. The summed E-state index contributed by atoms with van der Waals surface area (Å²) >= 11 is 0. The lowest BCUT2D eigenvalue weighted by Crippen LogP contribution is -2.27. The second kappa shape index (κ2) is 8.09. The molecule has 2 aromatic carbocycles. The van der Waals surface area contributed by atoms with Crippen molar-refractivity contribution in [3.05, 3.63) is 72.4 Å². The van der Waals surface area contributed by atoms with Crippen LogP contribution in [0.4, 0.5) is 10.1 Å². The fourth-order valence-electron chi connectivity index (χ4n) is 5.46. The molecule has 2 atom stereocenters. The van der Waals surface area contributed by atoms with E-state index in [2.05, 4.69) is 75.9 Å². The summed E-state index contributed by atoms with van der Waals surface area (Å²) in [4.78, 5) is 9.39. The van der Waals surface area contributed by atoms with Crippen LogP contribution in [0.25, 0.3) is 28.3 Å². The van der Waals surface area contributed by atoms with Gasteiger partial charge in [0.1, 0.15) is 12.1 Å². The van der Waals surface area contributed by atoms with Crippen molar-refractivity contribution in [2.24, 2.45) is 11.8 Å². The molecule has 4 aromatic rings. The van der Waals surface area contributed by atoms with Gasteiger partial charge in [-0.15, -0.1) is 0 Å². The number of fused-ring (bicyclic) bond motifs is 5. The van der Waals surface area contributed by atoms with E-state index in [9.17, 15) is 4.39 Å². The maximum Gasteiger partial charge on any atom is 0.179 e. The predicted molar refractivity (Wildman–Crippen MR) is 133 cm³/mol. The molecule has 1 fully saturated rings. The van der Waals surface area contributed by atoms with E-state index in [0.717, 1.165) is 54.5 Å². The third-order valence-corrected chi connectivity index (χ3v) is 7.22. The Labute approximate surface area is 199 Å². The number of halogens is 1. The molecule has 2 aliphatic rings. The molecule has 6 nitrogen and oxygen atoms in total. The summed E-state index contributed by atoms with van der Waals surface area (Å²) in [7, 11) is 4.31. The summed E-state index contributed by atoms with van der Waals surface area (Å²) in [6.07, 6.45) is 3.75. The SMILES string of the molecule is C[C@H]1CN(c2ccc3c(c2)Cn2cc(-c4ccc(F)cc4)cc2-c2ncnn2-3)C[C@H]1CN(C)C. The highest BCUT2D eigenvalue weighted by Gasteiger charge is 2.31. The van der Waals surface area contributed by atoms with E-state index in [-0.39, 0.29) is 5.82 Å². The zero-order valence-corrected chi connectivity index (χ0v) is 19.8. The van der Waals surface area contributed by atoms with Crippen molar-refractivity contribution in [3.8, 4) is 28.3 Å². The lowest BCUT2D eigenvalue weighted by atomic mass is 9.98. The Kier molecular flexibility index (Phi) is 5.03. The lowest BCUT2D eigenvalue weighted by Gasteiger charge is -2.22. The van der Waals surface area contributed by atoms with Crippen LogP contribution >= 0.6 is 0 Å². The quantitative estimate of drug-likeness (QED) is 0.398. The number of hydrogen-bond acceptors (Lipinski definition) is 4. The minimum atomic E-state index is -0.227. The number of nitrogens with zero attached hydrogens (tertiary/aromatic N) is 6. The third-order valence-electron chi connectivity index (χ3n) is 7.22. The first-order valence-electron chi connectivity index (χ1n) is 11.9. The van der Waals surface area contributed by atoms with Crippen LogP contribution < -0.4 is 4.90 Å². The molecule has 2 aliphatic heterocycles. The maximum absolute atomic E-state index is 13.4. The molecule has 6 rings (SSSR count). The molecular weight excluding hydrogens is 427 g/mol. The number of benzene rings is 2. The molecule has 0 spiro atoms. The van der Waals surface area contributed by atoms with Crippen LogP contribution in [0, 0.1) is 17.7 Å². The minimum Gasteiger partial charge on any atom is -0.371 e. The number of hydrogen-bond donors (Lipinski definition) is 0. The van der Waals surface area contributed by atoms with Gasteiger partial charge in [0.15, 0.2) is 5.82 Å². The minimum absolute atomic E-state index is 0.227. The Morgan fingerprint density at radius 2 is 1.85 bits per heavy atom. The summed E-state index contributed by atoms with van der Waals surface area (Å²) in [6, 6.07) is 15.5. The van der Waals surface area contributed by atoms with Crippen LogP contribution in [-0.4, -0.2) is 58.0 Å².